The van der Waals surface area contributed by atoms with Crippen molar-refractivity contribution < 1.29 is 17.9 Å². The van der Waals surface area contributed by atoms with Crippen LogP contribution in [0.4, 0.5) is 13.2 Å². The van der Waals surface area contributed by atoms with Gasteiger partial charge in [-0.2, -0.15) is 13.2 Å². The molecular weight excluding hydrogens is 233 g/mol. The zero-order chi connectivity index (χ0) is 12.9. The summed E-state index contributed by atoms with van der Waals surface area (Å²) in [6, 6.07) is 0.121. The Morgan fingerprint density at radius 1 is 1.53 bits per heavy atom. The summed E-state index contributed by atoms with van der Waals surface area (Å²) in [6.07, 6.45) is -2.83. The van der Waals surface area contributed by atoms with Gasteiger partial charge in [0.2, 0.25) is 0 Å². The van der Waals surface area contributed by atoms with Crippen molar-refractivity contribution in [1.82, 2.24) is 10.2 Å². The van der Waals surface area contributed by atoms with Crippen molar-refractivity contribution in [2.75, 3.05) is 40.4 Å². The Morgan fingerprint density at radius 2 is 2.24 bits per heavy atom. The van der Waals surface area contributed by atoms with Crippen molar-refractivity contribution in [3.05, 3.63) is 11.6 Å². The van der Waals surface area contributed by atoms with Crippen LogP contribution in [0.3, 0.4) is 0 Å². The predicted octanol–water partition coefficient (Wildman–Crippen LogP) is 1.42. The molecule has 1 rings (SSSR count). The molecule has 6 heteroatoms. The zero-order valence-electron chi connectivity index (χ0n) is 10.2. The van der Waals surface area contributed by atoms with Crippen LogP contribution in [0.2, 0.25) is 0 Å². The van der Waals surface area contributed by atoms with E-state index < -0.39 is 11.7 Å². The molecule has 17 heavy (non-hydrogen) atoms. The lowest BCUT2D eigenvalue weighted by molar-refractivity contribution is -0.0966. The number of ether oxygens (including phenoxy) is 1. The lowest BCUT2D eigenvalue weighted by atomic mass is 10.1. The quantitative estimate of drug-likeness (QED) is 0.749. The molecule has 0 amide bonds. The summed E-state index contributed by atoms with van der Waals surface area (Å²) < 4.78 is 42.4. The summed E-state index contributed by atoms with van der Waals surface area (Å²) in [5.41, 5.74) is -0.408. The second-order valence-corrected chi connectivity index (χ2v) is 4.14. The summed E-state index contributed by atoms with van der Waals surface area (Å²) in [7, 11) is 3.42. The molecular formula is C11H19F3N2O. The number of hydrogen-bond acceptors (Lipinski definition) is 3. The van der Waals surface area contributed by atoms with Gasteiger partial charge in [-0.15, -0.1) is 0 Å². The Morgan fingerprint density at radius 3 is 2.65 bits per heavy atom. The smallest absolute Gasteiger partial charge is 0.383 e. The molecule has 0 aromatic carbocycles. The Hall–Kier alpha value is -0.590. The molecule has 0 aromatic rings. The molecule has 0 saturated heterocycles. The molecule has 1 aliphatic rings. The van der Waals surface area contributed by atoms with Gasteiger partial charge in [0.15, 0.2) is 0 Å². The van der Waals surface area contributed by atoms with E-state index in [9.17, 15) is 13.2 Å². The molecule has 0 bridgehead atoms. The molecule has 1 atom stereocenters. The van der Waals surface area contributed by atoms with Crippen LogP contribution in [0.1, 0.15) is 6.42 Å². The van der Waals surface area contributed by atoms with Gasteiger partial charge in [0.25, 0.3) is 0 Å². The Balaban J connectivity index is 2.57. The summed E-state index contributed by atoms with van der Waals surface area (Å²) >= 11 is 0. The summed E-state index contributed by atoms with van der Waals surface area (Å²) in [4.78, 5) is 2.01. The molecule has 0 aromatic heterocycles. The molecule has 1 aliphatic heterocycles. The van der Waals surface area contributed by atoms with Crippen LogP contribution in [0.15, 0.2) is 11.6 Å². The second-order valence-electron chi connectivity index (χ2n) is 4.14. The fourth-order valence-corrected chi connectivity index (χ4v) is 2.00. The molecule has 0 radical (unpaired) electrons. The van der Waals surface area contributed by atoms with Gasteiger partial charge < -0.3 is 10.1 Å². The van der Waals surface area contributed by atoms with Crippen LogP contribution >= 0.6 is 0 Å². The van der Waals surface area contributed by atoms with Gasteiger partial charge in [0.05, 0.1) is 6.61 Å². The predicted molar refractivity (Wildman–Crippen MR) is 59.9 cm³/mol. The molecule has 1 N–H and O–H groups in total. The Bertz CT molecular complexity index is 260. The molecule has 3 nitrogen and oxygen atoms in total. The average molecular weight is 252 g/mol. The first-order chi connectivity index (χ1) is 7.99. The molecule has 1 heterocycles. The molecule has 100 valence electrons. The fraction of sp³-hybridized carbons (Fsp3) is 0.818. The summed E-state index contributed by atoms with van der Waals surface area (Å²) in [5, 5.41) is 3.03. The zero-order valence-corrected chi connectivity index (χ0v) is 10.2. The van der Waals surface area contributed by atoms with Crippen LogP contribution in [-0.2, 0) is 4.74 Å². The molecule has 1 unspecified atom stereocenters. The Kier molecular flexibility index (Phi) is 5.42. The van der Waals surface area contributed by atoms with E-state index in [0.29, 0.717) is 26.2 Å². The van der Waals surface area contributed by atoms with Crippen LogP contribution < -0.4 is 5.32 Å². The number of hydrogen-bond donors (Lipinski definition) is 1. The van der Waals surface area contributed by atoms with E-state index in [4.69, 9.17) is 4.74 Å². The first-order valence-electron chi connectivity index (χ1n) is 5.63. The van der Waals surface area contributed by atoms with Crippen LogP contribution in [0, 0.1) is 0 Å². The number of alkyl halides is 3. The van der Waals surface area contributed by atoms with Gasteiger partial charge in [0.1, 0.15) is 0 Å². The van der Waals surface area contributed by atoms with Gasteiger partial charge >= 0.3 is 6.18 Å². The SMILES string of the molecule is CNCC(COC)N1CC=C(C(F)(F)F)CC1. The number of nitrogens with zero attached hydrogens (tertiary/aromatic N) is 1. The average Bonchev–Trinajstić information content (AvgIpc) is 2.28. The summed E-state index contributed by atoms with van der Waals surface area (Å²) in [6.45, 7) is 2.00. The van der Waals surface area contributed by atoms with Crippen molar-refractivity contribution >= 4 is 0 Å². The monoisotopic (exact) mass is 252 g/mol. The first-order valence-corrected chi connectivity index (χ1v) is 5.63. The van der Waals surface area contributed by atoms with Gasteiger partial charge in [-0.05, 0) is 13.5 Å². The summed E-state index contributed by atoms with van der Waals surface area (Å²) in [5.74, 6) is 0. The standard InChI is InChI=1S/C11H19F3N2O/c1-15-7-10(8-17-2)16-5-3-9(4-6-16)11(12,13)14/h3,10,15H,4-8H2,1-2H3. The van der Waals surface area contributed by atoms with E-state index in [2.05, 4.69) is 5.32 Å². The lowest BCUT2D eigenvalue weighted by Crippen LogP contribution is -2.47. The highest BCUT2D eigenvalue weighted by molar-refractivity contribution is 5.13. The highest BCUT2D eigenvalue weighted by Crippen LogP contribution is 2.30. The number of methoxy groups -OCH3 is 1. The number of nitrogens with one attached hydrogen (secondary N) is 1. The topological polar surface area (TPSA) is 24.5 Å². The van der Waals surface area contributed by atoms with Gasteiger partial charge in [-0.1, -0.05) is 6.08 Å². The van der Waals surface area contributed by atoms with Crippen molar-refractivity contribution in [3.8, 4) is 0 Å². The van der Waals surface area contributed by atoms with Crippen molar-refractivity contribution in [3.63, 3.8) is 0 Å². The minimum absolute atomic E-state index is 0.0629. The van der Waals surface area contributed by atoms with Gasteiger partial charge in [-0.25, -0.2) is 0 Å². The lowest BCUT2D eigenvalue weighted by Gasteiger charge is -2.33. The highest BCUT2D eigenvalue weighted by Gasteiger charge is 2.35. The fourth-order valence-electron chi connectivity index (χ4n) is 2.00. The first kappa shape index (κ1) is 14.5. The third kappa shape index (κ3) is 4.29. The van der Waals surface area contributed by atoms with Crippen LogP contribution in [0.25, 0.3) is 0 Å². The van der Waals surface area contributed by atoms with Crippen LogP contribution in [-0.4, -0.2) is 57.5 Å². The number of likely N-dealkylation sites (N-methyl/N-ethyl adjacent to an activating group) is 1. The van der Waals surface area contributed by atoms with E-state index in [1.165, 1.54) is 6.08 Å². The van der Waals surface area contributed by atoms with Crippen molar-refractivity contribution in [1.29, 1.82) is 0 Å². The van der Waals surface area contributed by atoms with Crippen molar-refractivity contribution in [2.45, 2.75) is 18.6 Å². The molecule has 0 fully saturated rings. The third-order valence-electron chi connectivity index (χ3n) is 2.92. The maximum atomic E-state index is 12.4. The van der Waals surface area contributed by atoms with E-state index in [1.807, 2.05) is 11.9 Å². The minimum atomic E-state index is -4.17. The normalized spacial score (nSPS) is 20.2. The number of rotatable bonds is 5. The van der Waals surface area contributed by atoms with E-state index in [1.54, 1.807) is 7.11 Å². The van der Waals surface area contributed by atoms with E-state index in [0.717, 1.165) is 0 Å². The largest absolute Gasteiger partial charge is 0.412 e. The molecule has 0 aliphatic carbocycles. The van der Waals surface area contributed by atoms with Gasteiger partial charge in [0, 0.05) is 38.4 Å². The van der Waals surface area contributed by atoms with E-state index >= 15 is 0 Å². The van der Waals surface area contributed by atoms with Crippen LogP contribution in [0.5, 0.6) is 0 Å². The maximum Gasteiger partial charge on any atom is 0.412 e. The minimum Gasteiger partial charge on any atom is -0.383 e. The van der Waals surface area contributed by atoms with Gasteiger partial charge in [-0.3, -0.25) is 4.90 Å². The molecule has 0 spiro atoms. The van der Waals surface area contributed by atoms with E-state index in [-0.39, 0.29) is 12.5 Å². The second kappa shape index (κ2) is 6.37. The Labute approximate surface area is 99.6 Å². The third-order valence-corrected chi connectivity index (χ3v) is 2.92. The molecule has 0 saturated carbocycles. The number of halogens is 3. The van der Waals surface area contributed by atoms with Crippen molar-refractivity contribution in [2.24, 2.45) is 0 Å². The maximum absolute atomic E-state index is 12.4. The highest BCUT2D eigenvalue weighted by atomic mass is 19.4.